The number of hydrogen-bond donors (Lipinski definition) is 4. The van der Waals surface area contributed by atoms with E-state index in [0.717, 1.165) is 23.6 Å². The first-order valence-corrected chi connectivity index (χ1v) is 11.6. The Morgan fingerprint density at radius 3 is 2.44 bits per heavy atom. The van der Waals surface area contributed by atoms with Crippen molar-refractivity contribution < 1.29 is 56.9 Å². The van der Waals surface area contributed by atoms with Crippen LogP contribution in [-0.4, -0.2) is 90.7 Å². The predicted molar refractivity (Wildman–Crippen MR) is 124 cm³/mol. The zero-order valence-electron chi connectivity index (χ0n) is 20.1. The van der Waals surface area contributed by atoms with Crippen LogP contribution in [0, 0.1) is 0 Å². The number of nitrogen functional groups attached to an aromatic ring is 1. The van der Waals surface area contributed by atoms with Gasteiger partial charge in [0.15, 0.2) is 5.82 Å². The van der Waals surface area contributed by atoms with Crippen LogP contribution < -0.4 is 11.1 Å². The van der Waals surface area contributed by atoms with Crippen molar-refractivity contribution in [2.24, 2.45) is 5.16 Å². The Hall–Kier alpha value is -4.42. The molecule has 1 aromatic heterocycles. The number of carboxylic acid groups (broad SMARTS) is 2. The van der Waals surface area contributed by atoms with Crippen LogP contribution in [0.15, 0.2) is 28.7 Å². The molecular formula is C20H21F3N6O9S. The van der Waals surface area contributed by atoms with E-state index in [1.165, 1.54) is 12.3 Å². The highest BCUT2D eigenvalue weighted by Gasteiger charge is 2.49. The third kappa shape index (κ3) is 8.03. The number of hydrogen-bond acceptors (Lipinski definition) is 12. The third-order valence-corrected chi connectivity index (χ3v) is 5.95. The number of oxime groups is 1. The lowest BCUT2D eigenvalue weighted by atomic mass is 10.1. The van der Waals surface area contributed by atoms with Gasteiger partial charge in [-0.1, -0.05) is 5.16 Å². The number of aromatic nitrogens is 2. The van der Waals surface area contributed by atoms with Gasteiger partial charge >= 0.3 is 24.1 Å². The maximum absolute atomic E-state index is 13.0. The molecule has 15 nitrogen and oxygen atoms in total. The minimum absolute atomic E-state index is 0.0413. The summed E-state index contributed by atoms with van der Waals surface area (Å²) in [7, 11) is 0. The fourth-order valence-corrected chi connectivity index (χ4v) is 4.37. The summed E-state index contributed by atoms with van der Waals surface area (Å²) >= 11 is 1.13. The van der Waals surface area contributed by atoms with Gasteiger partial charge in [-0.05, 0) is 13.0 Å². The van der Waals surface area contributed by atoms with Gasteiger partial charge in [0.1, 0.15) is 30.1 Å². The lowest BCUT2D eigenvalue weighted by Crippen LogP contribution is -2.58. The Morgan fingerprint density at radius 2 is 1.95 bits per heavy atom. The number of carboxylic acids is 2. The largest absolute Gasteiger partial charge is 0.490 e. The summed E-state index contributed by atoms with van der Waals surface area (Å²) in [6.07, 6.45) is -3.64. The molecule has 1 fully saturated rings. The normalized spacial score (nSPS) is 18.6. The van der Waals surface area contributed by atoms with Gasteiger partial charge in [-0.25, -0.2) is 19.6 Å². The Bertz CT molecular complexity index is 1220. The molecule has 2 aliphatic rings. The summed E-state index contributed by atoms with van der Waals surface area (Å²) in [4.78, 5) is 71.2. The SMILES string of the molecule is CCON=C(C(=O)NC1S[C@@H]2CC(=O)N2C(C(=O)O)=C1COC(C)=O)c1nccc(N)n1.O=C(O)C(F)(F)F. The number of thioether (sulfide) groups is 1. The van der Waals surface area contributed by atoms with Crippen molar-refractivity contribution in [2.45, 2.75) is 37.2 Å². The summed E-state index contributed by atoms with van der Waals surface area (Å²) in [5, 5.41) is 21.8. The number of ether oxygens (including phenoxy) is 1. The number of nitrogens with zero attached hydrogens (tertiary/aromatic N) is 4. The molecular weight excluding hydrogens is 557 g/mol. The molecule has 1 saturated heterocycles. The average molecular weight is 578 g/mol. The molecule has 0 aromatic carbocycles. The smallest absolute Gasteiger partial charge is 0.477 e. The molecule has 212 valence electrons. The van der Waals surface area contributed by atoms with Gasteiger partial charge in [-0.2, -0.15) is 13.2 Å². The van der Waals surface area contributed by atoms with Crippen LogP contribution >= 0.6 is 11.8 Å². The first-order chi connectivity index (χ1) is 18.2. The standard InChI is InChI=1S/C18H20N6O7S.C2HF3O2/c1-3-31-23-13(15-20-5-4-10(19)21-15)16(27)22-17-9(7-30-8(2)25)14(18(28)29)24-11(26)6-12(24)32-17;3-2(4,5)1(6)7/h4-5,12,17H,3,6-7H2,1-2H3,(H,22,27)(H,28,29)(H2,19,20,21);(H,6,7)/t12-,17?;/m1./s1. The van der Waals surface area contributed by atoms with E-state index < -0.39 is 47.3 Å². The van der Waals surface area contributed by atoms with Crippen molar-refractivity contribution >= 4 is 53.0 Å². The second-order valence-corrected chi connectivity index (χ2v) is 8.62. The Morgan fingerprint density at radius 1 is 1.31 bits per heavy atom. The van der Waals surface area contributed by atoms with Gasteiger partial charge in [-0.15, -0.1) is 11.8 Å². The number of fused-ring (bicyclic) bond motifs is 1. The van der Waals surface area contributed by atoms with Gasteiger partial charge in [0.05, 0.1) is 11.8 Å². The number of carbonyl (C=O) groups is 5. The molecule has 2 amide bonds. The molecule has 0 spiro atoms. The van der Waals surface area contributed by atoms with Gasteiger partial charge in [-0.3, -0.25) is 19.3 Å². The molecule has 2 atom stereocenters. The molecule has 3 rings (SSSR count). The molecule has 39 heavy (non-hydrogen) atoms. The van der Waals surface area contributed by atoms with Crippen LogP contribution in [-0.2, 0) is 33.5 Å². The molecule has 2 aliphatic heterocycles. The van der Waals surface area contributed by atoms with E-state index in [1.54, 1.807) is 6.92 Å². The van der Waals surface area contributed by atoms with Crippen molar-refractivity contribution in [3.63, 3.8) is 0 Å². The van der Waals surface area contributed by atoms with Crippen LogP contribution in [0.25, 0.3) is 0 Å². The second-order valence-electron chi connectivity index (χ2n) is 7.34. The van der Waals surface area contributed by atoms with Gasteiger partial charge in [0.2, 0.25) is 11.6 Å². The number of aliphatic carboxylic acids is 2. The minimum Gasteiger partial charge on any atom is -0.477 e. The fourth-order valence-electron chi connectivity index (χ4n) is 2.96. The van der Waals surface area contributed by atoms with E-state index in [1.807, 2.05) is 0 Å². The van der Waals surface area contributed by atoms with Gasteiger partial charge in [0.25, 0.3) is 5.91 Å². The number of anilines is 1. The molecule has 3 heterocycles. The van der Waals surface area contributed by atoms with E-state index in [2.05, 4.69) is 20.4 Å². The first-order valence-electron chi connectivity index (χ1n) is 10.6. The maximum atomic E-state index is 13.0. The van der Waals surface area contributed by atoms with Crippen molar-refractivity contribution in [2.75, 3.05) is 18.9 Å². The van der Waals surface area contributed by atoms with Crippen LogP contribution in [0.2, 0.25) is 0 Å². The summed E-state index contributed by atoms with van der Waals surface area (Å²) in [5.41, 5.74) is 5.09. The minimum atomic E-state index is -5.08. The maximum Gasteiger partial charge on any atom is 0.490 e. The molecule has 1 unspecified atom stereocenters. The number of rotatable bonds is 8. The molecule has 0 saturated carbocycles. The number of carbonyl (C=O) groups excluding carboxylic acids is 3. The van der Waals surface area contributed by atoms with E-state index in [9.17, 15) is 37.5 Å². The Balaban J connectivity index is 0.000000673. The van der Waals surface area contributed by atoms with E-state index in [-0.39, 0.29) is 47.6 Å². The van der Waals surface area contributed by atoms with E-state index in [0.29, 0.717) is 0 Å². The van der Waals surface area contributed by atoms with Crippen molar-refractivity contribution in [1.82, 2.24) is 20.2 Å². The van der Waals surface area contributed by atoms with E-state index >= 15 is 0 Å². The quantitative estimate of drug-likeness (QED) is 0.139. The number of amides is 2. The lowest BCUT2D eigenvalue weighted by Gasteiger charge is -2.46. The van der Waals surface area contributed by atoms with Crippen molar-refractivity contribution in [1.29, 1.82) is 0 Å². The topological polar surface area (TPSA) is 224 Å². The highest BCUT2D eigenvalue weighted by Crippen LogP contribution is 2.43. The van der Waals surface area contributed by atoms with Gasteiger partial charge in [0, 0.05) is 18.7 Å². The van der Waals surface area contributed by atoms with Crippen LogP contribution in [0.1, 0.15) is 26.1 Å². The number of nitrogens with two attached hydrogens (primary N) is 1. The molecule has 19 heteroatoms. The molecule has 0 radical (unpaired) electrons. The summed E-state index contributed by atoms with van der Waals surface area (Å²) in [6, 6.07) is 1.43. The van der Waals surface area contributed by atoms with Crippen LogP contribution in [0.3, 0.4) is 0 Å². The zero-order valence-corrected chi connectivity index (χ0v) is 20.9. The second kappa shape index (κ2) is 12.9. The number of esters is 1. The van der Waals surface area contributed by atoms with Gasteiger partial charge < -0.3 is 30.8 Å². The predicted octanol–water partition coefficient (Wildman–Crippen LogP) is 0.0820. The summed E-state index contributed by atoms with van der Waals surface area (Å²) < 4.78 is 36.7. The lowest BCUT2D eigenvalue weighted by molar-refractivity contribution is -0.192. The molecule has 0 aliphatic carbocycles. The zero-order chi connectivity index (χ0) is 29.5. The average Bonchev–Trinajstić information content (AvgIpc) is 2.82. The Kier molecular flexibility index (Phi) is 10.2. The van der Waals surface area contributed by atoms with E-state index in [4.69, 9.17) is 25.2 Å². The highest BCUT2D eigenvalue weighted by atomic mass is 32.2. The Labute approximate surface area is 221 Å². The highest BCUT2D eigenvalue weighted by molar-refractivity contribution is 8.00. The van der Waals surface area contributed by atoms with Crippen molar-refractivity contribution in [3.8, 4) is 0 Å². The molecule has 5 N–H and O–H groups in total. The third-order valence-electron chi connectivity index (χ3n) is 4.59. The first kappa shape index (κ1) is 30.8. The summed E-state index contributed by atoms with van der Waals surface area (Å²) in [6.45, 7) is 2.55. The summed E-state index contributed by atoms with van der Waals surface area (Å²) in [5.74, 6) is -5.93. The number of halogens is 3. The number of β-lactam (4-membered cyclic amide) rings is 1. The van der Waals surface area contributed by atoms with Crippen LogP contribution in [0.5, 0.6) is 0 Å². The number of nitrogens with one attached hydrogen (secondary N) is 1. The fraction of sp³-hybridized carbons (Fsp3) is 0.400. The monoisotopic (exact) mass is 578 g/mol. The molecule has 0 bridgehead atoms. The van der Waals surface area contributed by atoms with Crippen molar-refractivity contribution in [3.05, 3.63) is 29.4 Å². The van der Waals surface area contributed by atoms with Crippen LogP contribution in [0.4, 0.5) is 19.0 Å². The number of alkyl halides is 3. The molecule has 1 aromatic rings.